The number of halogens is 1. The zero-order valence-corrected chi connectivity index (χ0v) is 16.8. The zero-order chi connectivity index (χ0) is 15.9. The molecule has 2 atom stereocenters. The number of aromatic amines is 1. The van der Waals surface area contributed by atoms with Crippen molar-refractivity contribution >= 4 is 41.0 Å². The predicted molar refractivity (Wildman–Crippen MR) is 112 cm³/mol. The summed E-state index contributed by atoms with van der Waals surface area (Å²) < 4.78 is 0. The van der Waals surface area contributed by atoms with Gasteiger partial charge >= 0.3 is 0 Å². The van der Waals surface area contributed by atoms with Crippen LogP contribution < -0.4 is 5.32 Å². The van der Waals surface area contributed by atoms with Crippen LogP contribution in [0.2, 0.25) is 0 Å². The number of pyridine rings is 1. The van der Waals surface area contributed by atoms with Gasteiger partial charge in [0.1, 0.15) is 5.65 Å². The third kappa shape index (κ3) is 3.13. The maximum atomic E-state index is 4.99. The van der Waals surface area contributed by atoms with Crippen molar-refractivity contribution in [3.63, 3.8) is 0 Å². The fraction of sp³-hybridized carbons (Fsp3) is 0.579. The number of guanidine groups is 1. The molecule has 3 aliphatic rings. The highest BCUT2D eigenvalue weighted by molar-refractivity contribution is 14.0. The van der Waals surface area contributed by atoms with Crippen molar-refractivity contribution in [1.29, 1.82) is 0 Å². The van der Waals surface area contributed by atoms with Gasteiger partial charge < -0.3 is 15.2 Å². The van der Waals surface area contributed by atoms with Gasteiger partial charge in [0, 0.05) is 30.9 Å². The topological polar surface area (TPSA) is 56.3 Å². The summed E-state index contributed by atoms with van der Waals surface area (Å²) in [7, 11) is 0. The van der Waals surface area contributed by atoms with Crippen molar-refractivity contribution in [2.45, 2.75) is 56.5 Å². The van der Waals surface area contributed by atoms with Gasteiger partial charge in [-0.1, -0.05) is 12.8 Å². The van der Waals surface area contributed by atoms with E-state index in [2.05, 4.69) is 32.4 Å². The number of hydrogen-bond donors (Lipinski definition) is 2. The second-order valence-corrected chi connectivity index (χ2v) is 7.46. The molecule has 0 amide bonds. The number of rotatable bonds is 1. The van der Waals surface area contributed by atoms with Crippen LogP contribution >= 0.6 is 24.0 Å². The second-order valence-electron chi connectivity index (χ2n) is 7.46. The van der Waals surface area contributed by atoms with Gasteiger partial charge in [-0.25, -0.2) is 9.98 Å². The summed E-state index contributed by atoms with van der Waals surface area (Å²) in [6, 6.07) is 5.36. The summed E-state index contributed by atoms with van der Waals surface area (Å²) in [4.78, 5) is 15.2. The summed E-state index contributed by atoms with van der Waals surface area (Å²) >= 11 is 0. The van der Waals surface area contributed by atoms with Crippen LogP contribution in [-0.4, -0.2) is 46.0 Å². The van der Waals surface area contributed by atoms with Gasteiger partial charge in [0.15, 0.2) is 5.96 Å². The van der Waals surface area contributed by atoms with E-state index in [9.17, 15) is 0 Å². The lowest BCUT2D eigenvalue weighted by atomic mass is 9.89. The molecule has 2 aromatic rings. The van der Waals surface area contributed by atoms with E-state index in [4.69, 9.17) is 4.99 Å². The van der Waals surface area contributed by atoms with E-state index < -0.39 is 0 Å². The maximum absolute atomic E-state index is 4.99. The standard InChI is InChI=1S/C19H25N5.HI/c1-2-6-17-16(5-1)22-19(23-17)24-10-7-13(8-11-24)15-12-21-18-14(15)4-3-9-20-18;/h3-4,9,12-13,16-17H,1-2,5-8,10-11H2,(H,20,21)(H,22,23);1H/t16-,17-;/m1./s1. The first-order valence-electron chi connectivity index (χ1n) is 9.40. The van der Waals surface area contributed by atoms with Crippen LogP contribution in [0.3, 0.4) is 0 Å². The first-order valence-corrected chi connectivity index (χ1v) is 9.40. The molecule has 5 nitrogen and oxygen atoms in total. The Morgan fingerprint density at radius 3 is 2.76 bits per heavy atom. The van der Waals surface area contributed by atoms with Gasteiger partial charge in [-0.05, 0) is 49.3 Å². The Hall–Kier alpha value is -1.31. The van der Waals surface area contributed by atoms with Crippen molar-refractivity contribution in [3.05, 3.63) is 30.1 Å². The fourth-order valence-electron chi connectivity index (χ4n) is 4.68. The lowest BCUT2D eigenvalue weighted by Crippen LogP contribution is -2.46. The quantitative estimate of drug-likeness (QED) is 0.652. The summed E-state index contributed by atoms with van der Waals surface area (Å²) in [5.41, 5.74) is 2.45. The molecule has 0 aromatic carbocycles. The van der Waals surface area contributed by atoms with Gasteiger partial charge in [-0.2, -0.15) is 0 Å². The molecule has 0 radical (unpaired) electrons. The third-order valence-electron chi connectivity index (χ3n) is 6.05. The van der Waals surface area contributed by atoms with Crippen molar-refractivity contribution < 1.29 is 0 Å². The number of likely N-dealkylation sites (tertiary alicyclic amines) is 1. The molecule has 0 bridgehead atoms. The Bertz CT molecular complexity index is 762. The number of piperidine rings is 1. The summed E-state index contributed by atoms with van der Waals surface area (Å²) in [5, 5.41) is 4.99. The van der Waals surface area contributed by atoms with E-state index in [1.807, 2.05) is 12.3 Å². The second kappa shape index (κ2) is 7.13. The Kier molecular flexibility index (Phi) is 4.88. The third-order valence-corrected chi connectivity index (χ3v) is 6.05. The average molecular weight is 451 g/mol. The first kappa shape index (κ1) is 17.1. The number of aromatic nitrogens is 2. The van der Waals surface area contributed by atoms with E-state index in [1.54, 1.807) is 0 Å². The first-order chi connectivity index (χ1) is 11.9. The predicted octanol–water partition coefficient (Wildman–Crippen LogP) is 3.63. The molecule has 1 saturated carbocycles. The maximum Gasteiger partial charge on any atom is 0.194 e. The van der Waals surface area contributed by atoms with E-state index in [0.29, 0.717) is 18.0 Å². The van der Waals surface area contributed by atoms with Crippen LogP contribution in [0.1, 0.15) is 50.0 Å². The molecule has 1 aliphatic carbocycles. The fourth-order valence-corrected chi connectivity index (χ4v) is 4.68. The molecule has 6 heteroatoms. The minimum absolute atomic E-state index is 0. The lowest BCUT2D eigenvalue weighted by Gasteiger charge is -2.33. The minimum Gasteiger partial charge on any atom is -0.351 e. The van der Waals surface area contributed by atoms with E-state index in [-0.39, 0.29) is 24.0 Å². The number of aliphatic imine (C=N–C) groups is 1. The summed E-state index contributed by atoms with van der Waals surface area (Å²) in [6.07, 6.45) is 11.7. The molecule has 2 fully saturated rings. The van der Waals surface area contributed by atoms with Gasteiger partial charge in [0.05, 0.1) is 12.1 Å². The molecule has 2 aromatic heterocycles. The highest BCUT2D eigenvalue weighted by atomic mass is 127. The number of nitrogens with one attached hydrogen (secondary N) is 2. The molecule has 5 rings (SSSR count). The Morgan fingerprint density at radius 1 is 1.08 bits per heavy atom. The normalized spacial score (nSPS) is 26.7. The Morgan fingerprint density at radius 2 is 1.92 bits per heavy atom. The van der Waals surface area contributed by atoms with Gasteiger partial charge in [0.25, 0.3) is 0 Å². The van der Waals surface area contributed by atoms with Gasteiger partial charge in [-0.3, -0.25) is 0 Å². The summed E-state index contributed by atoms with van der Waals surface area (Å²) in [5.74, 6) is 1.80. The number of H-pyrrole nitrogens is 1. The number of nitrogens with zero attached hydrogens (tertiary/aromatic N) is 3. The zero-order valence-electron chi connectivity index (χ0n) is 14.4. The van der Waals surface area contributed by atoms with Crippen LogP contribution in [0.5, 0.6) is 0 Å². The molecular formula is C19H26IN5. The molecule has 2 N–H and O–H groups in total. The molecule has 0 unspecified atom stereocenters. The van der Waals surface area contributed by atoms with Gasteiger partial charge in [0.2, 0.25) is 0 Å². The molecule has 4 heterocycles. The Balaban J connectivity index is 0.00000157. The lowest BCUT2D eigenvalue weighted by molar-refractivity contribution is 0.305. The number of hydrogen-bond acceptors (Lipinski definition) is 4. The van der Waals surface area contributed by atoms with Gasteiger partial charge in [-0.15, -0.1) is 24.0 Å². The highest BCUT2D eigenvalue weighted by Gasteiger charge is 2.34. The average Bonchev–Trinajstić information content (AvgIpc) is 3.26. The van der Waals surface area contributed by atoms with Crippen molar-refractivity contribution in [2.75, 3.05) is 13.1 Å². The van der Waals surface area contributed by atoms with E-state index >= 15 is 0 Å². The minimum atomic E-state index is 0. The van der Waals surface area contributed by atoms with Crippen LogP contribution in [0.15, 0.2) is 29.5 Å². The Labute approximate surface area is 165 Å². The van der Waals surface area contributed by atoms with Crippen molar-refractivity contribution in [2.24, 2.45) is 4.99 Å². The van der Waals surface area contributed by atoms with E-state index in [1.165, 1.54) is 55.4 Å². The largest absolute Gasteiger partial charge is 0.351 e. The summed E-state index contributed by atoms with van der Waals surface area (Å²) in [6.45, 7) is 2.20. The molecule has 25 heavy (non-hydrogen) atoms. The van der Waals surface area contributed by atoms with E-state index in [0.717, 1.165) is 18.7 Å². The van der Waals surface area contributed by atoms with Crippen LogP contribution in [0.4, 0.5) is 0 Å². The molecular weight excluding hydrogens is 425 g/mol. The smallest absolute Gasteiger partial charge is 0.194 e. The SMILES string of the molecule is I.c1cnc2[nH]cc(C3CCN(C4=N[C@@H]5CCCC[C@H]5N4)CC3)c2c1. The molecule has 1 saturated heterocycles. The number of fused-ring (bicyclic) bond motifs is 2. The van der Waals surface area contributed by atoms with Crippen molar-refractivity contribution in [1.82, 2.24) is 20.2 Å². The highest BCUT2D eigenvalue weighted by Crippen LogP contribution is 2.33. The monoisotopic (exact) mass is 451 g/mol. The van der Waals surface area contributed by atoms with Crippen molar-refractivity contribution in [3.8, 4) is 0 Å². The molecule has 134 valence electrons. The molecule has 2 aliphatic heterocycles. The van der Waals surface area contributed by atoms with Crippen LogP contribution in [0.25, 0.3) is 11.0 Å². The molecule has 0 spiro atoms. The van der Waals surface area contributed by atoms with Crippen LogP contribution in [-0.2, 0) is 0 Å². The van der Waals surface area contributed by atoms with Crippen LogP contribution in [0, 0.1) is 0 Å².